The van der Waals surface area contributed by atoms with Crippen LogP contribution in [-0.4, -0.2) is 29.9 Å². The van der Waals surface area contributed by atoms with Crippen LogP contribution in [0, 0.1) is 6.92 Å². The number of nitrogens with one attached hydrogen (secondary N) is 1. The highest BCUT2D eigenvalue weighted by molar-refractivity contribution is 7.13. The van der Waals surface area contributed by atoms with Gasteiger partial charge < -0.3 is 4.98 Å². The molecule has 24 heavy (non-hydrogen) atoms. The number of hydrogen-bond donors (Lipinski definition) is 1. The maximum atomic E-state index is 12.2. The van der Waals surface area contributed by atoms with Crippen molar-refractivity contribution >= 4 is 23.5 Å². The number of H-pyrrole nitrogens is 1. The van der Waals surface area contributed by atoms with E-state index in [9.17, 15) is 4.79 Å². The number of nitrogens with zero attached hydrogens (tertiary/aromatic N) is 5. The van der Waals surface area contributed by atoms with E-state index in [4.69, 9.17) is 0 Å². The highest BCUT2D eigenvalue weighted by atomic mass is 32.1. The molecule has 7 nitrogen and oxygen atoms in total. The molecule has 0 aromatic carbocycles. The molecule has 0 spiro atoms. The molecule has 1 N–H and O–H groups in total. The molecule has 1 aliphatic rings. The standard InChI is InChI=1S/C16H16N6OS/c1-10-9-24-16(18-10)13-7-17-14(19-15(13)23)6-5-11-8-22(21-20-11)12-3-2-4-12/h5-9,12H,2-4H2,1H3,(H,17,19,23)/b6-5+. The third-order valence-electron chi connectivity index (χ3n) is 4.06. The molecule has 3 aromatic heterocycles. The van der Waals surface area contributed by atoms with Crippen LogP contribution in [0.4, 0.5) is 0 Å². The lowest BCUT2D eigenvalue weighted by atomic mass is 9.93. The maximum absolute atomic E-state index is 12.2. The van der Waals surface area contributed by atoms with Gasteiger partial charge in [-0.2, -0.15) is 0 Å². The molecule has 0 unspecified atom stereocenters. The van der Waals surface area contributed by atoms with Crippen LogP contribution in [0.5, 0.6) is 0 Å². The van der Waals surface area contributed by atoms with E-state index in [-0.39, 0.29) is 5.56 Å². The van der Waals surface area contributed by atoms with Gasteiger partial charge in [0.05, 0.1) is 17.8 Å². The van der Waals surface area contributed by atoms with Crippen molar-refractivity contribution in [2.24, 2.45) is 0 Å². The van der Waals surface area contributed by atoms with Gasteiger partial charge in [-0.05, 0) is 38.3 Å². The van der Waals surface area contributed by atoms with Crippen molar-refractivity contribution in [1.82, 2.24) is 29.9 Å². The summed E-state index contributed by atoms with van der Waals surface area (Å²) in [7, 11) is 0. The van der Waals surface area contributed by atoms with Gasteiger partial charge in [-0.15, -0.1) is 16.4 Å². The van der Waals surface area contributed by atoms with E-state index in [0.29, 0.717) is 22.4 Å². The van der Waals surface area contributed by atoms with Crippen LogP contribution >= 0.6 is 11.3 Å². The van der Waals surface area contributed by atoms with E-state index in [2.05, 4.69) is 25.3 Å². The fourth-order valence-corrected chi connectivity index (χ4v) is 3.29. The van der Waals surface area contributed by atoms with Gasteiger partial charge in [-0.25, -0.2) is 14.6 Å². The number of thiazole rings is 1. The van der Waals surface area contributed by atoms with Crippen molar-refractivity contribution < 1.29 is 0 Å². The normalized spacial score (nSPS) is 15.0. The maximum Gasteiger partial charge on any atom is 0.261 e. The Balaban J connectivity index is 1.53. The van der Waals surface area contributed by atoms with Crippen molar-refractivity contribution in [1.29, 1.82) is 0 Å². The van der Waals surface area contributed by atoms with E-state index in [1.165, 1.54) is 30.6 Å². The Bertz CT molecular complexity index is 949. The fraction of sp³-hybridized carbons (Fsp3) is 0.312. The first-order valence-corrected chi connectivity index (χ1v) is 8.69. The second kappa shape index (κ2) is 6.12. The zero-order chi connectivity index (χ0) is 16.5. The van der Waals surface area contributed by atoms with Gasteiger partial charge in [0.1, 0.15) is 16.5 Å². The number of aryl methyl sites for hydroxylation is 1. The minimum absolute atomic E-state index is 0.197. The topological polar surface area (TPSA) is 89.4 Å². The van der Waals surface area contributed by atoms with E-state index in [0.717, 1.165) is 11.4 Å². The van der Waals surface area contributed by atoms with Crippen LogP contribution in [0.2, 0.25) is 0 Å². The molecule has 1 saturated carbocycles. The lowest BCUT2D eigenvalue weighted by Crippen LogP contribution is -2.17. The average Bonchev–Trinajstić information content (AvgIpc) is 3.13. The SMILES string of the molecule is Cc1csc(-c2cnc(/C=C/c3cn(C4CCC4)nn3)[nH]c2=O)n1. The zero-order valence-corrected chi connectivity index (χ0v) is 14.0. The lowest BCUT2D eigenvalue weighted by Gasteiger charge is -2.24. The number of aromatic nitrogens is 6. The Hall–Kier alpha value is -2.61. The minimum atomic E-state index is -0.197. The Morgan fingerprint density at radius 3 is 2.92 bits per heavy atom. The summed E-state index contributed by atoms with van der Waals surface area (Å²) in [5, 5.41) is 10.9. The Labute approximate surface area is 142 Å². The zero-order valence-electron chi connectivity index (χ0n) is 13.1. The van der Waals surface area contributed by atoms with Crippen LogP contribution < -0.4 is 5.56 Å². The minimum Gasteiger partial charge on any atom is -0.306 e. The molecule has 0 atom stereocenters. The van der Waals surface area contributed by atoms with Gasteiger partial charge in [-0.1, -0.05) is 5.21 Å². The van der Waals surface area contributed by atoms with Gasteiger partial charge in [0.2, 0.25) is 0 Å². The monoisotopic (exact) mass is 340 g/mol. The van der Waals surface area contributed by atoms with E-state index >= 15 is 0 Å². The van der Waals surface area contributed by atoms with Crippen LogP contribution in [-0.2, 0) is 0 Å². The van der Waals surface area contributed by atoms with Gasteiger partial charge in [0.15, 0.2) is 0 Å². The third kappa shape index (κ3) is 2.92. The molecule has 0 saturated heterocycles. The summed E-state index contributed by atoms with van der Waals surface area (Å²) in [6.45, 7) is 1.90. The van der Waals surface area contributed by atoms with Crippen LogP contribution in [0.15, 0.2) is 22.6 Å². The van der Waals surface area contributed by atoms with Crippen LogP contribution in [0.25, 0.3) is 22.7 Å². The van der Waals surface area contributed by atoms with E-state index < -0.39 is 0 Å². The van der Waals surface area contributed by atoms with Crippen molar-refractivity contribution in [2.45, 2.75) is 32.2 Å². The molecule has 0 aliphatic heterocycles. The largest absolute Gasteiger partial charge is 0.306 e. The predicted octanol–water partition coefficient (Wildman–Crippen LogP) is 2.69. The third-order valence-corrected chi connectivity index (χ3v) is 5.05. The molecule has 3 aromatic rings. The number of hydrogen-bond acceptors (Lipinski definition) is 6. The number of rotatable bonds is 4. The molecule has 8 heteroatoms. The second-order valence-electron chi connectivity index (χ2n) is 5.85. The quantitative estimate of drug-likeness (QED) is 0.789. The summed E-state index contributed by atoms with van der Waals surface area (Å²) in [4.78, 5) is 23.6. The molecular formula is C16H16N6OS. The second-order valence-corrected chi connectivity index (χ2v) is 6.70. The molecular weight excluding hydrogens is 324 g/mol. The highest BCUT2D eigenvalue weighted by Gasteiger charge is 2.20. The lowest BCUT2D eigenvalue weighted by molar-refractivity contribution is 0.284. The van der Waals surface area contributed by atoms with Gasteiger partial charge in [-0.3, -0.25) is 4.79 Å². The van der Waals surface area contributed by atoms with Gasteiger partial charge in [0, 0.05) is 17.3 Å². The van der Waals surface area contributed by atoms with E-state index in [1.54, 1.807) is 18.3 Å². The summed E-state index contributed by atoms with van der Waals surface area (Å²) in [5.74, 6) is 0.482. The van der Waals surface area contributed by atoms with Crippen molar-refractivity contribution in [3.8, 4) is 10.6 Å². The summed E-state index contributed by atoms with van der Waals surface area (Å²) in [6, 6.07) is 0.485. The molecule has 122 valence electrons. The number of aromatic amines is 1. The molecule has 4 rings (SSSR count). The van der Waals surface area contributed by atoms with E-state index in [1.807, 2.05) is 23.2 Å². The fourth-order valence-electron chi connectivity index (χ4n) is 2.48. The molecule has 0 amide bonds. The van der Waals surface area contributed by atoms with Crippen molar-refractivity contribution in [3.63, 3.8) is 0 Å². The highest BCUT2D eigenvalue weighted by Crippen LogP contribution is 2.30. The molecule has 1 fully saturated rings. The van der Waals surface area contributed by atoms with Crippen molar-refractivity contribution in [2.75, 3.05) is 0 Å². The first kappa shape index (κ1) is 14.9. The van der Waals surface area contributed by atoms with Crippen molar-refractivity contribution in [3.05, 3.63) is 45.3 Å². The summed E-state index contributed by atoms with van der Waals surface area (Å²) < 4.78 is 1.91. The summed E-state index contributed by atoms with van der Waals surface area (Å²) >= 11 is 1.44. The summed E-state index contributed by atoms with van der Waals surface area (Å²) in [6.07, 6.45) is 10.6. The molecule has 0 radical (unpaired) electrons. The van der Waals surface area contributed by atoms with Gasteiger partial charge >= 0.3 is 0 Å². The molecule has 1 aliphatic carbocycles. The molecule has 0 bridgehead atoms. The Morgan fingerprint density at radius 1 is 1.38 bits per heavy atom. The van der Waals surface area contributed by atoms with Gasteiger partial charge in [0.25, 0.3) is 5.56 Å². The first-order chi connectivity index (χ1) is 11.7. The predicted molar refractivity (Wildman–Crippen MR) is 92.5 cm³/mol. The van der Waals surface area contributed by atoms with Crippen LogP contribution in [0.1, 0.15) is 42.5 Å². The Kier molecular flexibility index (Phi) is 3.81. The van der Waals surface area contributed by atoms with Crippen LogP contribution in [0.3, 0.4) is 0 Å². The average molecular weight is 340 g/mol. The Morgan fingerprint density at radius 2 is 2.25 bits per heavy atom. The molecule has 3 heterocycles. The first-order valence-electron chi connectivity index (χ1n) is 7.81. The summed E-state index contributed by atoms with van der Waals surface area (Å²) in [5.41, 5.74) is 1.94. The smallest absolute Gasteiger partial charge is 0.261 e.